The molecule has 2 amide bonds. The zero-order valence-corrected chi connectivity index (χ0v) is 16.8. The van der Waals surface area contributed by atoms with E-state index in [9.17, 15) is 14.4 Å². The van der Waals surface area contributed by atoms with E-state index in [4.69, 9.17) is 0 Å². The first kappa shape index (κ1) is 18.6. The fourth-order valence-electron chi connectivity index (χ4n) is 4.57. The number of benzene rings is 1. The number of fused-ring (bicyclic) bond motifs is 3. The Bertz CT molecular complexity index is 941. The number of Topliss-reactive ketones (excluding diaryl/α,β-unsaturated/α-hetero) is 1. The number of rotatable bonds is 2. The molecule has 146 valence electrons. The van der Waals surface area contributed by atoms with Crippen LogP contribution in [0.4, 0.5) is 5.69 Å². The molecule has 0 radical (unpaired) electrons. The van der Waals surface area contributed by atoms with Crippen LogP contribution in [0.1, 0.15) is 31.9 Å². The van der Waals surface area contributed by atoms with Gasteiger partial charge in [-0.2, -0.15) is 5.10 Å². The van der Waals surface area contributed by atoms with Gasteiger partial charge in [-0.25, -0.2) is 4.90 Å². The Balaban J connectivity index is 1.81. The maximum Gasteiger partial charge on any atom is 0.240 e. The average molecular weight is 379 g/mol. The lowest BCUT2D eigenvalue weighted by atomic mass is 9.80. The van der Waals surface area contributed by atoms with Gasteiger partial charge in [0.25, 0.3) is 0 Å². The number of hydrogen-bond acceptors (Lipinski definition) is 5. The molecular formula is C22H25N3O3. The summed E-state index contributed by atoms with van der Waals surface area (Å²) in [6.45, 7) is 9.38. The summed E-state index contributed by atoms with van der Waals surface area (Å²) in [5.74, 6) is -1.94. The van der Waals surface area contributed by atoms with Crippen LogP contribution < -0.4 is 4.90 Å². The molecule has 0 bridgehead atoms. The summed E-state index contributed by atoms with van der Waals surface area (Å²) in [4.78, 5) is 41.4. The summed E-state index contributed by atoms with van der Waals surface area (Å²) in [5, 5.41) is 6.03. The van der Waals surface area contributed by atoms with Crippen molar-refractivity contribution in [2.45, 2.75) is 46.7 Å². The van der Waals surface area contributed by atoms with Gasteiger partial charge in [0.15, 0.2) is 5.78 Å². The van der Waals surface area contributed by atoms with Gasteiger partial charge in [0.1, 0.15) is 6.04 Å². The quantitative estimate of drug-likeness (QED) is 0.741. The second-order valence-electron chi connectivity index (χ2n) is 8.93. The SMILES string of the molecule is Cc1ccc(N2C(=O)C3C(C2=O)C(C(=O)C(C)(C)C)N2N=CC=CC32)c(C)c1. The Morgan fingerprint density at radius 3 is 2.39 bits per heavy atom. The van der Waals surface area contributed by atoms with Crippen molar-refractivity contribution in [3.8, 4) is 0 Å². The molecule has 1 aromatic carbocycles. The van der Waals surface area contributed by atoms with Crippen molar-refractivity contribution in [1.82, 2.24) is 5.01 Å². The Morgan fingerprint density at radius 2 is 1.75 bits per heavy atom. The first-order valence-electron chi connectivity index (χ1n) is 9.61. The van der Waals surface area contributed by atoms with Gasteiger partial charge in [-0.3, -0.25) is 19.4 Å². The maximum atomic E-state index is 13.5. The van der Waals surface area contributed by atoms with E-state index in [1.54, 1.807) is 17.3 Å². The molecule has 6 nitrogen and oxygen atoms in total. The van der Waals surface area contributed by atoms with Gasteiger partial charge in [-0.05, 0) is 31.6 Å². The fraction of sp³-hybridized carbons (Fsp3) is 0.455. The van der Waals surface area contributed by atoms with E-state index in [0.717, 1.165) is 11.1 Å². The van der Waals surface area contributed by atoms with Gasteiger partial charge in [-0.1, -0.05) is 44.5 Å². The van der Waals surface area contributed by atoms with Gasteiger partial charge in [-0.15, -0.1) is 0 Å². The largest absolute Gasteiger partial charge is 0.297 e. The highest BCUT2D eigenvalue weighted by Crippen LogP contribution is 2.47. The fourth-order valence-corrected chi connectivity index (χ4v) is 4.57. The van der Waals surface area contributed by atoms with Crippen LogP contribution in [-0.4, -0.2) is 40.9 Å². The molecule has 2 saturated heterocycles. The van der Waals surface area contributed by atoms with Crippen LogP contribution in [0, 0.1) is 31.1 Å². The van der Waals surface area contributed by atoms with Crippen molar-refractivity contribution in [3.05, 3.63) is 41.5 Å². The zero-order valence-electron chi connectivity index (χ0n) is 16.8. The summed E-state index contributed by atoms with van der Waals surface area (Å²) in [5.41, 5.74) is 1.90. The van der Waals surface area contributed by atoms with Crippen molar-refractivity contribution in [2.75, 3.05) is 4.90 Å². The lowest BCUT2D eigenvalue weighted by Gasteiger charge is -2.33. The van der Waals surface area contributed by atoms with Crippen LogP contribution >= 0.6 is 0 Å². The highest BCUT2D eigenvalue weighted by molar-refractivity contribution is 6.24. The molecule has 2 fully saturated rings. The van der Waals surface area contributed by atoms with Gasteiger partial charge in [0, 0.05) is 11.6 Å². The molecule has 1 aromatic rings. The molecule has 28 heavy (non-hydrogen) atoms. The molecule has 4 atom stereocenters. The second kappa shape index (κ2) is 6.12. The van der Waals surface area contributed by atoms with Gasteiger partial charge in [0.05, 0.1) is 23.6 Å². The lowest BCUT2D eigenvalue weighted by Crippen LogP contribution is -2.49. The summed E-state index contributed by atoms with van der Waals surface area (Å²) in [6, 6.07) is 4.56. The number of aryl methyl sites for hydroxylation is 2. The standard InChI is InChI=1S/C22H25N3O3/c1-12-8-9-14(13(2)11-12)24-20(27)16-15-7-6-10-23-25(15)18(17(16)21(24)28)19(26)22(3,4)5/h6-11,15-18H,1-5H3. The summed E-state index contributed by atoms with van der Waals surface area (Å²) >= 11 is 0. The minimum atomic E-state index is -0.733. The number of carbonyl (C=O) groups excluding carboxylic acids is 3. The van der Waals surface area contributed by atoms with Crippen molar-refractivity contribution in [1.29, 1.82) is 0 Å². The van der Waals surface area contributed by atoms with Crippen LogP contribution in [0.5, 0.6) is 0 Å². The molecule has 0 saturated carbocycles. The minimum Gasteiger partial charge on any atom is -0.297 e. The number of allylic oxidation sites excluding steroid dienone is 1. The van der Waals surface area contributed by atoms with Crippen molar-refractivity contribution < 1.29 is 14.4 Å². The number of hydrogen-bond donors (Lipinski definition) is 0. The number of ketones is 1. The van der Waals surface area contributed by atoms with Gasteiger partial charge in [0.2, 0.25) is 11.8 Å². The predicted octanol–water partition coefficient (Wildman–Crippen LogP) is 2.63. The minimum absolute atomic E-state index is 0.0684. The van der Waals surface area contributed by atoms with Crippen LogP contribution in [0.2, 0.25) is 0 Å². The van der Waals surface area contributed by atoms with Crippen molar-refractivity contribution >= 4 is 29.5 Å². The third-order valence-corrected chi connectivity index (χ3v) is 5.89. The molecule has 0 N–H and O–H groups in total. The summed E-state index contributed by atoms with van der Waals surface area (Å²) in [6.07, 6.45) is 5.26. The molecule has 3 heterocycles. The number of amides is 2. The van der Waals surface area contributed by atoms with E-state index in [1.165, 1.54) is 4.90 Å². The highest BCUT2D eigenvalue weighted by atomic mass is 16.2. The first-order chi connectivity index (χ1) is 13.1. The molecule has 4 rings (SSSR count). The van der Waals surface area contributed by atoms with E-state index >= 15 is 0 Å². The number of hydrazone groups is 1. The topological polar surface area (TPSA) is 70.1 Å². The maximum absolute atomic E-state index is 13.5. The van der Waals surface area contributed by atoms with E-state index in [1.807, 2.05) is 58.9 Å². The molecule has 3 aliphatic rings. The molecule has 0 aromatic heterocycles. The zero-order chi connectivity index (χ0) is 20.4. The van der Waals surface area contributed by atoms with Crippen molar-refractivity contribution in [3.63, 3.8) is 0 Å². The van der Waals surface area contributed by atoms with Gasteiger partial charge >= 0.3 is 0 Å². The van der Waals surface area contributed by atoms with E-state index in [0.29, 0.717) is 5.69 Å². The number of imide groups is 1. The second-order valence-corrected chi connectivity index (χ2v) is 8.93. The normalized spacial score (nSPS) is 28.8. The lowest BCUT2D eigenvalue weighted by molar-refractivity contribution is -0.136. The number of carbonyl (C=O) groups is 3. The van der Waals surface area contributed by atoms with Crippen LogP contribution in [0.25, 0.3) is 0 Å². The van der Waals surface area contributed by atoms with E-state index < -0.39 is 23.3 Å². The summed E-state index contributed by atoms with van der Waals surface area (Å²) < 4.78 is 0. The Hall–Kier alpha value is -2.76. The smallest absolute Gasteiger partial charge is 0.240 e. The van der Waals surface area contributed by atoms with Crippen LogP contribution in [0.15, 0.2) is 35.5 Å². The van der Waals surface area contributed by atoms with Crippen LogP contribution in [-0.2, 0) is 14.4 Å². The van der Waals surface area contributed by atoms with E-state index in [-0.39, 0.29) is 23.6 Å². The number of anilines is 1. The number of nitrogens with zero attached hydrogens (tertiary/aromatic N) is 3. The third kappa shape index (κ3) is 2.54. The van der Waals surface area contributed by atoms with Crippen molar-refractivity contribution in [2.24, 2.45) is 22.4 Å². The average Bonchev–Trinajstić information content (AvgIpc) is 3.08. The van der Waals surface area contributed by atoms with E-state index in [2.05, 4.69) is 5.10 Å². The van der Waals surface area contributed by atoms with Crippen LogP contribution in [0.3, 0.4) is 0 Å². The predicted molar refractivity (Wildman–Crippen MR) is 107 cm³/mol. The highest BCUT2D eigenvalue weighted by Gasteiger charge is 2.64. The monoisotopic (exact) mass is 379 g/mol. The summed E-state index contributed by atoms with van der Waals surface area (Å²) in [7, 11) is 0. The first-order valence-corrected chi connectivity index (χ1v) is 9.61. The molecule has 4 unspecified atom stereocenters. The third-order valence-electron chi connectivity index (χ3n) is 5.89. The Morgan fingerprint density at radius 1 is 1.07 bits per heavy atom. The van der Waals surface area contributed by atoms with Gasteiger partial charge < -0.3 is 0 Å². The molecule has 6 heteroatoms. The molecule has 3 aliphatic heterocycles. The molecule has 0 spiro atoms. The Labute approximate surface area is 164 Å². The molecular weight excluding hydrogens is 354 g/mol. The Kier molecular flexibility index (Phi) is 4.07. The molecule has 0 aliphatic carbocycles.